The molecule has 2 N–H and O–H groups in total. The van der Waals surface area contributed by atoms with Gasteiger partial charge in [0.05, 0.1) is 12.3 Å². The fraction of sp³-hybridized carbons (Fsp3) is 0.500. The summed E-state index contributed by atoms with van der Waals surface area (Å²) >= 11 is 0. The summed E-state index contributed by atoms with van der Waals surface area (Å²) in [6, 6.07) is 7.26. The topological polar surface area (TPSA) is 69.6 Å². The van der Waals surface area contributed by atoms with Gasteiger partial charge in [0.1, 0.15) is 4.90 Å². The number of aliphatic hydroxyl groups excluding tert-OH is 1. The standard InChI is InChI=1S/C12H18N2O3S/c1-13-18(16,17)12-5-3-2-4-11(12)14(8-9-15)10-6-7-10/h2-5,10,13,15H,6-9H2,1H3. The van der Waals surface area contributed by atoms with Crippen LogP contribution in [0.1, 0.15) is 12.8 Å². The van der Waals surface area contributed by atoms with Crippen LogP contribution in [0.3, 0.4) is 0 Å². The Bertz CT molecular complexity index is 512. The molecule has 100 valence electrons. The summed E-state index contributed by atoms with van der Waals surface area (Å²) in [7, 11) is -2.07. The zero-order valence-electron chi connectivity index (χ0n) is 10.3. The largest absolute Gasteiger partial charge is 0.395 e. The molecule has 1 saturated carbocycles. The van der Waals surface area contributed by atoms with Crippen molar-refractivity contribution in [3.63, 3.8) is 0 Å². The highest BCUT2D eigenvalue weighted by Crippen LogP contribution is 2.34. The quantitative estimate of drug-likeness (QED) is 0.792. The van der Waals surface area contributed by atoms with Crippen LogP contribution < -0.4 is 9.62 Å². The SMILES string of the molecule is CNS(=O)(=O)c1ccccc1N(CCO)C1CC1. The highest BCUT2D eigenvalue weighted by molar-refractivity contribution is 7.89. The number of hydrogen-bond donors (Lipinski definition) is 2. The smallest absolute Gasteiger partial charge is 0.242 e. The summed E-state index contributed by atoms with van der Waals surface area (Å²) in [5.41, 5.74) is 0.670. The molecule has 5 nitrogen and oxygen atoms in total. The molecule has 0 amide bonds. The second-order valence-corrected chi connectivity index (χ2v) is 6.18. The second kappa shape index (κ2) is 5.26. The highest BCUT2D eigenvalue weighted by Gasteiger charge is 2.31. The molecular formula is C12H18N2O3S. The maximum Gasteiger partial charge on any atom is 0.242 e. The number of benzene rings is 1. The normalized spacial score (nSPS) is 15.7. The van der Waals surface area contributed by atoms with Gasteiger partial charge in [-0.25, -0.2) is 13.1 Å². The van der Waals surface area contributed by atoms with Crippen molar-refractivity contribution in [2.75, 3.05) is 25.1 Å². The summed E-state index contributed by atoms with van der Waals surface area (Å²) in [4.78, 5) is 2.25. The number of hydrogen-bond acceptors (Lipinski definition) is 4. The molecule has 0 bridgehead atoms. The van der Waals surface area contributed by atoms with Gasteiger partial charge in [-0.05, 0) is 32.0 Å². The van der Waals surface area contributed by atoms with Gasteiger partial charge in [0.15, 0.2) is 0 Å². The van der Waals surface area contributed by atoms with Gasteiger partial charge in [0.25, 0.3) is 0 Å². The molecule has 1 aromatic rings. The lowest BCUT2D eigenvalue weighted by Crippen LogP contribution is -2.31. The van der Waals surface area contributed by atoms with Gasteiger partial charge in [-0.3, -0.25) is 0 Å². The molecule has 0 aromatic heterocycles. The minimum atomic E-state index is -3.47. The fourth-order valence-corrected chi connectivity index (χ4v) is 2.96. The first-order valence-electron chi connectivity index (χ1n) is 6.00. The van der Waals surface area contributed by atoms with Crippen molar-refractivity contribution in [3.05, 3.63) is 24.3 Å². The molecule has 0 atom stereocenters. The number of aliphatic hydroxyl groups is 1. The fourth-order valence-electron chi connectivity index (χ4n) is 2.03. The average Bonchev–Trinajstić information content (AvgIpc) is 3.20. The Labute approximate surface area is 107 Å². The number of rotatable bonds is 6. The third kappa shape index (κ3) is 2.66. The Morgan fingerprint density at radius 1 is 1.39 bits per heavy atom. The van der Waals surface area contributed by atoms with E-state index in [9.17, 15) is 8.42 Å². The molecule has 1 aliphatic rings. The van der Waals surface area contributed by atoms with Gasteiger partial charge in [-0.1, -0.05) is 12.1 Å². The van der Waals surface area contributed by atoms with Gasteiger partial charge in [0, 0.05) is 12.6 Å². The lowest BCUT2D eigenvalue weighted by atomic mass is 10.2. The predicted molar refractivity (Wildman–Crippen MR) is 70.1 cm³/mol. The summed E-state index contributed by atoms with van der Waals surface area (Å²) in [5, 5.41) is 9.12. The molecular weight excluding hydrogens is 252 g/mol. The molecule has 0 radical (unpaired) electrons. The summed E-state index contributed by atoms with van der Waals surface area (Å²) in [5.74, 6) is 0. The summed E-state index contributed by atoms with van der Waals surface area (Å²) in [6.45, 7) is 0.478. The lowest BCUT2D eigenvalue weighted by Gasteiger charge is -2.25. The number of nitrogens with zero attached hydrogens (tertiary/aromatic N) is 1. The van der Waals surface area contributed by atoms with E-state index >= 15 is 0 Å². The predicted octanol–water partition coefficient (Wildman–Crippen LogP) is 0.556. The van der Waals surface area contributed by atoms with E-state index in [4.69, 9.17) is 5.11 Å². The van der Waals surface area contributed by atoms with Crippen LogP contribution >= 0.6 is 0 Å². The molecule has 2 rings (SSSR count). The van der Waals surface area contributed by atoms with Gasteiger partial charge in [0.2, 0.25) is 10.0 Å². The van der Waals surface area contributed by atoms with E-state index in [-0.39, 0.29) is 11.5 Å². The first-order valence-corrected chi connectivity index (χ1v) is 7.48. The Balaban J connectivity index is 2.43. The minimum Gasteiger partial charge on any atom is -0.395 e. The third-order valence-electron chi connectivity index (χ3n) is 3.06. The molecule has 0 saturated heterocycles. The Morgan fingerprint density at radius 2 is 2.06 bits per heavy atom. The lowest BCUT2D eigenvalue weighted by molar-refractivity contribution is 0.301. The maximum atomic E-state index is 12.0. The van der Waals surface area contributed by atoms with Crippen molar-refractivity contribution < 1.29 is 13.5 Å². The molecule has 1 aliphatic carbocycles. The van der Waals surface area contributed by atoms with Crippen LogP contribution in [-0.4, -0.2) is 39.8 Å². The van der Waals surface area contributed by atoms with E-state index in [1.54, 1.807) is 18.2 Å². The summed E-state index contributed by atoms with van der Waals surface area (Å²) < 4.78 is 26.3. The average molecular weight is 270 g/mol. The van der Waals surface area contributed by atoms with Crippen molar-refractivity contribution in [1.29, 1.82) is 0 Å². The number of para-hydroxylation sites is 1. The van der Waals surface area contributed by atoms with E-state index < -0.39 is 10.0 Å². The van der Waals surface area contributed by atoms with Gasteiger partial charge >= 0.3 is 0 Å². The van der Waals surface area contributed by atoms with E-state index in [1.165, 1.54) is 7.05 Å². The van der Waals surface area contributed by atoms with E-state index in [0.717, 1.165) is 12.8 Å². The highest BCUT2D eigenvalue weighted by atomic mass is 32.2. The molecule has 0 aliphatic heterocycles. The zero-order valence-corrected chi connectivity index (χ0v) is 11.2. The second-order valence-electron chi connectivity index (χ2n) is 4.32. The van der Waals surface area contributed by atoms with Crippen LogP contribution in [0.5, 0.6) is 0 Å². The number of sulfonamides is 1. The van der Waals surface area contributed by atoms with Crippen LogP contribution in [0.4, 0.5) is 5.69 Å². The molecule has 0 heterocycles. The van der Waals surface area contributed by atoms with E-state index in [1.807, 2.05) is 11.0 Å². The number of anilines is 1. The first-order chi connectivity index (χ1) is 8.60. The molecule has 1 fully saturated rings. The Hall–Kier alpha value is -1.11. The number of nitrogens with one attached hydrogen (secondary N) is 1. The van der Waals surface area contributed by atoms with Gasteiger partial charge < -0.3 is 10.0 Å². The van der Waals surface area contributed by atoms with Crippen LogP contribution in [-0.2, 0) is 10.0 Å². The summed E-state index contributed by atoms with van der Waals surface area (Å²) in [6.07, 6.45) is 2.10. The van der Waals surface area contributed by atoms with Crippen molar-refractivity contribution in [3.8, 4) is 0 Å². The Morgan fingerprint density at radius 3 is 2.61 bits per heavy atom. The molecule has 18 heavy (non-hydrogen) atoms. The monoisotopic (exact) mass is 270 g/mol. The Kier molecular flexibility index (Phi) is 3.89. The van der Waals surface area contributed by atoms with Crippen molar-refractivity contribution in [2.24, 2.45) is 0 Å². The van der Waals surface area contributed by atoms with Crippen molar-refractivity contribution in [1.82, 2.24) is 4.72 Å². The molecule has 6 heteroatoms. The van der Waals surface area contributed by atoms with Crippen LogP contribution in [0.15, 0.2) is 29.2 Å². The van der Waals surface area contributed by atoms with Crippen molar-refractivity contribution >= 4 is 15.7 Å². The van der Waals surface area contributed by atoms with E-state index in [2.05, 4.69) is 4.72 Å². The maximum absolute atomic E-state index is 12.0. The molecule has 0 spiro atoms. The molecule has 1 aromatic carbocycles. The van der Waals surface area contributed by atoms with Crippen LogP contribution in [0.2, 0.25) is 0 Å². The minimum absolute atomic E-state index is 0.0183. The molecule has 0 unspecified atom stereocenters. The zero-order chi connectivity index (χ0) is 13.2. The van der Waals surface area contributed by atoms with E-state index in [0.29, 0.717) is 18.3 Å². The first kappa shape index (κ1) is 13.3. The van der Waals surface area contributed by atoms with Crippen LogP contribution in [0.25, 0.3) is 0 Å². The van der Waals surface area contributed by atoms with Crippen molar-refractivity contribution in [2.45, 2.75) is 23.8 Å². The van der Waals surface area contributed by atoms with Gasteiger partial charge in [-0.2, -0.15) is 0 Å². The van der Waals surface area contributed by atoms with Gasteiger partial charge in [-0.15, -0.1) is 0 Å². The third-order valence-corrected chi connectivity index (χ3v) is 4.52. The van der Waals surface area contributed by atoms with Crippen LogP contribution in [0, 0.1) is 0 Å².